The van der Waals surface area contributed by atoms with Crippen molar-refractivity contribution in [3.05, 3.63) is 59.2 Å². The number of benzene rings is 2. The molecule has 0 aromatic heterocycles. The first-order chi connectivity index (χ1) is 10.9. The van der Waals surface area contributed by atoms with Crippen molar-refractivity contribution >= 4 is 21.7 Å². The number of carbonyl (C=O) groups excluding carboxylic acids is 1. The molecule has 5 nitrogen and oxygen atoms in total. The first-order valence-electron chi connectivity index (χ1n) is 7.18. The molecule has 0 saturated heterocycles. The molecule has 2 aromatic carbocycles. The Hall–Kier alpha value is -2.34. The first-order valence-corrected chi connectivity index (χ1v) is 8.67. The number of nitrogens with one attached hydrogen (secondary N) is 1. The standard InChI is InChI=1S/C17H19NO4S/c1-4-13-7-5-6-8-15(13)18-23(20,21)16-11-14(17(19)22-3)10-9-12(16)2/h5-11,18H,4H2,1-3H3. The van der Waals surface area contributed by atoms with E-state index in [9.17, 15) is 13.2 Å². The highest BCUT2D eigenvalue weighted by molar-refractivity contribution is 7.92. The molecule has 0 spiro atoms. The number of ether oxygens (including phenoxy) is 1. The van der Waals surface area contributed by atoms with Crippen molar-refractivity contribution < 1.29 is 17.9 Å². The van der Waals surface area contributed by atoms with Gasteiger partial charge in [0.05, 0.1) is 23.3 Å². The summed E-state index contributed by atoms with van der Waals surface area (Å²) in [5, 5.41) is 0. The topological polar surface area (TPSA) is 72.5 Å². The molecule has 2 aromatic rings. The Morgan fingerprint density at radius 3 is 2.52 bits per heavy atom. The van der Waals surface area contributed by atoms with Gasteiger partial charge in [-0.15, -0.1) is 0 Å². The van der Waals surface area contributed by atoms with Crippen LogP contribution in [0.3, 0.4) is 0 Å². The monoisotopic (exact) mass is 333 g/mol. The van der Waals surface area contributed by atoms with Crippen LogP contribution in [-0.4, -0.2) is 21.5 Å². The van der Waals surface area contributed by atoms with Crippen LogP contribution < -0.4 is 4.72 Å². The molecule has 6 heteroatoms. The maximum absolute atomic E-state index is 12.7. The number of hydrogen-bond donors (Lipinski definition) is 1. The van der Waals surface area contributed by atoms with Crippen molar-refractivity contribution in [1.82, 2.24) is 0 Å². The smallest absolute Gasteiger partial charge is 0.337 e. The third-order valence-corrected chi connectivity index (χ3v) is 5.05. The van der Waals surface area contributed by atoms with Crippen molar-refractivity contribution in [1.29, 1.82) is 0 Å². The minimum atomic E-state index is -3.80. The van der Waals surface area contributed by atoms with E-state index in [1.165, 1.54) is 13.2 Å². The van der Waals surface area contributed by atoms with Crippen LogP contribution in [0.5, 0.6) is 0 Å². The van der Waals surface area contributed by atoms with Crippen molar-refractivity contribution in [3.63, 3.8) is 0 Å². The number of rotatable bonds is 5. The van der Waals surface area contributed by atoms with Gasteiger partial charge >= 0.3 is 5.97 Å². The van der Waals surface area contributed by atoms with E-state index in [4.69, 9.17) is 0 Å². The molecule has 23 heavy (non-hydrogen) atoms. The van der Waals surface area contributed by atoms with Gasteiger partial charge in [-0.2, -0.15) is 0 Å². The van der Waals surface area contributed by atoms with Gasteiger partial charge in [0.25, 0.3) is 10.0 Å². The van der Waals surface area contributed by atoms with Gasteiger partial charge in [0, 0.05) is 0 Å². The average Bonchev–Trinajstić information content (AvgIpc) is 2.54. The van der Waals surface area contributed by atoms with E-state index in [2.05, 4.69) is 9.46 Å². The first kappa shape index (κ1) is 17.0. The number of carbonyl (C=O) groups is 1. The van der Waals surface area contributed by atoms with Gasteiger partial charge in [-0.05, 0) is 42.7 Å². The van der Waals surface area contributed by atoms with Gasteiger partial charge in [-0.3, -0.25) is 4.72 Å². The van der Waals surface area contributed by atoms with Gasteiger partial charge in [0.1, 0.15) is 0 Å². The number of anilines is 1. The molecule has 0 atom stereocenters. The summed E-state index contributed by atoms with van der Waals surface area (Å²) in [6.07, 6.45) is 0.708. The Labute approximate surface area is 136 Å². The zero-order chi connectivity index (χ0) is 17.0. The van der Waals surface area contributed by atoms with Crippen LogP contribution in [0.2, 0.25) is 0 Å². The molecule has 0 aliphatic heterocycles. The Balaban J connectivity index is 2.45. The number of methoxy groups -OCH3 is 1. The van der Waals surface area contributed by atoms with Gasteiger partial charge < -0.3 is 4.74 Å². The van der Waals surface area contributed by atoms with Crippen molar-refractivity contribution in [2.75, 3.05) is 11.8 Å². The summed E-state index contributed by atoms with van der Waals surface area (Å²) in [5.41, 5.74) is 2.19. The fourth-order valence-corrected chi connectivity index (χ4v) is 3.63. The van der Waals surface area contributed by atoms with Crippen LogP contribution in [0, 0.1) is 6.92 Å². The second-order valence-electron chi connectivity index (χ2n) is 5.09. The molecule has 0 aliphatic rings. The molecule has 0 radical (unpaired) electrons. The number of esters is 1. The Morgan fingerprint density at radius 2 is 1.87 bits per heavy atom. The maximum atomic E-state index is 12.7. The number of hydrogen-bond acceptors (Lipinski definition) is 4. The van der Waals surface area contributed by atoms with Gasteiger partial charge in [0.15, 0.2) is 0 Å². The third kappa shape index (κ3) is 3.71. The van der Waals surface area contributed by atoms with E-state index in [1.54, 1.807) is 31.2 Å². The molecule has 0 amide bonds. The molecule has 0 unspecified atom stereocenters. The molecule has 0 saturated carbocycles. The molecular weight excluding hydrogens is 314 g/mol. The molecule has 0 aliphatic carbocycles. The Morgan fingerprint density at radius 1 is 1.17 bits per heavy atom. The number of para-hydroxylation sites is 1. The van der Waals surface area contributed by atoms with Crippen LogP contribution in [-0.2, 0) is 21.2 Å². The molecule has 0 fully saturated rings. The number of aryl methyl sites for hydroxylation is 2. The molecule has 0 bridgehead atoms. The summed E-state index contributed by atoms with van der Waals surface area (Å²) in [5.74, 6) is -0.574. The predicted molar refractivity (Wildman–Crippen MR) is 89.1 cm³/mol. The molecule has 2 rings (SSSR count). The summed E-state index contributed by atoms with van der Waals surface area (Å²) in [4.78, 5) is 11.7. The summed E-state index contributed by atoms with van der Waals surface area (Å²) in [6, 6.07) is 11.7. The van der Waals surface area contributed by atoms with Crippen LogP contribution in [0.4, 0.5) is 5.69 Å². The quantitative estimate of drug-likeness (QED) is 0.853. The lowest BCUT2D eigenvalue weighted by molar-refractivity contribution is 0.0600. The Bertz CT molecular complexity index is 828. The second-order valence-corrected chi connectivity index (χ2v) is 6.74. The third-order valence-electron chi connectivity index (χ3n) is 3.54. The largest absolute Gasteiger partial charge is 0.465 e. The minimum absolute atomic E-state index is 0.0614. The van der Waals surface area contributed by atoms with Crippen molar-refractivity contribution in [2.45, 2.75) is 25.2 Å². The molecular formula is C17H19NO4S. The molecule has 122 valence electrons. The lowest BCUT2D eigenvalue weighted by Crippen LogP contribution is -2.16. The fraction of sp³-hybridized carbons (Fsp3) is 0.235. The highest BCUT2D eigenvalue weighted by atomic mass is 32.2. The zero-order valence-electron chi connectivity index (χ0n) is 13.3. The van der Waals surface area contributed by atoms with E-state index in [1.807, 2.05) is 19.1 Å². The van der Waals surface area contributed by atoms with E-state index >= 15 is 0 Å². The van der Waals surface area contributed by atoms with Gasteiger partial charge in [-0.1, -0.05) is 31.2 Å². The van der Waals surface area contributed by atoms with E-state index in [0.717, 1.165) is 5.56 Å². The summed E-state index contributed by atoms with van der Waals surface area (Å²) in [7, 11) is -2.54. The van der Waals surface area contributed by atoms with Gasteiger partial charge in [-0.25, -0.2) is 13.2 Å². The van der Waals surface area contributed by atoms with E-state index in [0.29, 0.717) is 17.7 Å². The lowest BCUT2D eigenvalue weighted by Gasteiger charge is -2.14. The highest BCUT2D eigenvalue weighted by Gasteiger charge is 2.20. The zero-order valence-corrected chi connectivity index (χ0v) is 14.1. The Kier molecular flexibility index (Phi) is 5.05. The lowest BCUT2D eigenvalue weighted by atomic mass is 10.1. The van der Waals surface area contributed by atoms with E-state index < -0.39 is 16.0 Å². The van der Waals surface area contributed by atoms with Crippen LogP contribution in [0.1, 0.15) is 28.4 Å². The van der Waals surface area contributed by atoms with Crippen molar-refractivity contribution in [3.8, 4) is 0 Å². The summed E-state index contributed by atoms with van der Waals surface area (Å²) in [6.45, 7) is 3.64. The maximum Gasteiger partial charge on any atom is 0.337 e. The number of sulfonamides is 1. The minimum Gasteiger partial charge on any atom is -0.465 e. The normalized spacial score (nSPS) is 11.1. The van der Waals surface area contributed by atoms with Crippen molar-refractivity contribution in [2.24, 2.45) is 0 Å². The SMILES string of the molecule is CCc1ccccc1NS(=O)(=O)c1cc(C(=O)OC)ccc1C. The van der Waals surface area contributed by atoms with Crippen LogP contribution >= 0.6 is 0 Å². The fourth-order valence-electron chi connectivity index (χ4n) is 2.26. The van der Waals surface area contributed by atoms with Crippen LogP contribution in [0.25, 0.3) is 0 Å². The van der Waals surface area contributed by atoms with E-state index in [-0.39, 0.29) is 10.5 Å². The predicted octanol–water partition coefficient (Wildman–Crippen LogP) is 3.14. The highest BCUT2D eigenvalue weighted by Crippen LogP contribution is 2.23. The van der Waals surface area contributed by atoms with Crippen LogP contribution in [0.15, 0.2) is 47.4 Å². The second kappa shape index (κ2) is 6.83. The summed E-state index contributed by atoms with van der Waals surface area (Å²) >= 11 is 0. The summed E-state index contributed by atoms with van der Waals surface area (Å²) < 4.78 is 32.6. The molecule has 0 heterocycles. The van der Waals surface area contributed by atoms with Gasteiger partial charge in [0.2, 0.25) is 0 Å². The average molecular weight is 333 g/mol. The molecule has 1 N–H and O–H groups in total.